The summed E-state index contributed by atoms with van der Waals surface area (Å²) in [5, 5.41) is 11.3. The molecule has 0 aliphatic carbocycles. The summed E-state index contributed by atoms with van der Waals surface area (Å²) in [5.41, 5.74) is 5.36. The third-order valence-electron chi connectivity index (χ3n) is 2.14. The van der Waals surface area contributed by atoms with E-state index in [0.29, 0.717) is 6.42 Å². The van der Waals surface area contributed by atoms with Crippen molar-refractivity contribution in [2.24, 2.45) is 10.9 Å². The quantitative estimate of drug-likeness (QED) is 0.198. The molecule has 3 N–H and O–H groups in total. The molecule has 0 aromatic rings. The molecular weight excluding hydrogens is 194 g/mol. The molecule has 0 amide bonds. The van der Waals surface area contributed by atoms with Crippen molar-refractivity contribution in [1.82, 2.24) is 4.90 Å². The third-order valence-corrected chi connectivity index (χ3v) is 2.14. The maximum absolute atomic E-state index is 8.34. The van der Waals surface area contributed by atoms with Crippen molar-refractivity contribution in [3.05, 3.63) is 0 Å². The minimum absolute atomic E-state index is 0.272. The number of unbranched alkanes of at least 4 members (excludes halogenated alkanes) is 1. The SMILES string of the molecule is CCCCOCCN(C)CCC(N)=NO. The summed E-state index contributed by atoms with van der Waals surface area (Å²) in [4.78, 5) is 2.10. The molecule has 0 aromatic carbocycles. The van der Waals surface area contributed by atoms with Crippen molar-refractivity contribution < 1.29 is 9.94 Å². The summed E-state index contributed by atoms with van der Waals surface area (Å²) >= 11 is 0. The molecule has 0 saturated carbocycles. The van der Waals surface area contributed by atoms with Crippen LogP contribution in [0, 0.1) is 0 Å². The van der Waals surface area contributed by atoms with Crippen molar-refractivity contribution >= 4 is 5.84 Å². The van der Waals surface area contributed by atoms with Crippen LogP contribution >= 0.6 is 0 Å². The zero-order valence-corrected chi connectivity index (χ0v) is 9.78. The first-order valence-electron chi connectivity index (χ1n) is 5.43. The van der Waals surface area contributed by atoms with E-state index in [2.05, 4.69) is 17.0 Å². The van der Waals surface area contributed by atoms with Gasteiger partial charge in [0, 0.05) is 26.1 Å². The van der Waals surface area contributed by atoms with E-state index in [1.807, 2.05) is 7.05 Å². The van der Waals surface area contributed by atoms with E-state index in [9.17, 15) is 0 Å². The molecule has 0 aliphatic rings. The number of oxime groups is 1. The molecule has 0 radical (unpaired) electrons. The molecule has 15 heavy (non-hydrogen) atoms. The van der Waals surface area contributed by atoms with Gasteiger partial charge in [-0.05, 0) is 13.5 Å². The van der Waals surface area contributed by atoms with Crippen LogP contribution in [-0.4, -0.2) is 49.3 Å². The number of nitrogens with two attached hydrogens (primary N) is 1. The number of rotatable bonds is 9. The molecule has 0 spiro atoms. The molecule has 0 fully saturated rings. The normalized spacial score (nSPS) is 12.3. The molecule has 0 atom stereocenters. The van der Waals surface area contributed by atoms with Gasteiger partial charge in [0.05, 0.1) is 6.61 Å². The van der Waals surface area contributed by atoms with Crippen molar-refractivity contribution in [2.75, 3.05) is 33.4 Å². The van der Waals surface area contributed by atoms with Gasteiger partial charge in [-0.1, -0.05) is 18.5 Å². The first kappa shape index (κ1) is 14.2. The van der Waals surface area contributed by atoms with E-state index < -0.39 is 0 Å². The number of ether oxygens (including phenoxy) is 1. The summed E-state index contributed by atoms with van der Waals surface area (Å²) in [7, 11) is 1.99. The Kier molecular flexibility index (Phi) is 9.21. The number of hydrogen-bond donors (Lipinski definition) is 2. The summed E-state index contributed by atoms with van der Waals surface area (Å²) in [5.74, 6) is 0.272. The molecule has 0 bridgehead atoms. The minimum Gasteiger partial charge on any atom is -0.409 e. The molecule has 0 saturated heterocycles. The Bertz CT molecular complexity index is 174. The summed E-state index contributed by atoms with van der Waals surface area (Å²) in [6, 6.07) is 0. The monoisotopic (exact) mass is 217 g/mol. The van der Waals surface area contributed by atoms with E-state index >= 15 is 0 Å². The summed E-state index contributed by atoms with van der Waals surface area (Å²) < 4.78 is 5.43. The summed E-state index contributed by atoms with van der Waals surface area (Å²) in [6.07, 6.45) is 2.87. The van der Waals surface area contributed by atoms with Crippen LogP contribution in [0.2, 0.25) is 0 Å². The summed E-state index contributed by atoms with van der Waals surface area (Å²) in [6.45, 7) is 5.39. The second-order valence-electron chi connectivity index (χ2n) is 3.61. The maximum Gasteiger partial charge on any atom is 0.140 e. The average Bonchev–Trinajstić information content (AvgIpc) is 2.25. The van der Waals surface area contributed by atoms with Crippen molar-refractivity contribution in [3.8, 4) is 0 Å². The Morgan fingerprint density at radius 1 is 1.40 bits per heavy atom. The van der Waals surface area contributed by atoms with Gasteiger partial charge in [-0.3, -0.25) is 0 Å². The third kappa shape index (κ3) is 9.49. The lowest BCUT2D eigenvalue weighted by molar-refractivity contribution is 0.110. The molecule has 90 valence electrons. The second kappa shape index (κ2) is 9.73. The fourth-order valence-corrected chi connectivity index (χ4v) is 1.04. The Labute approximate surface area is 91.9 Å². The Morgan fingerprint density at radius 2 is 2.13 bits per heavy atom. The van der Waals surface area contributed by atoms with Gasteiger partial charge in [0.25, 0.3) is 0 Å². The smallest absolute Gasteiger partial charge is 0.140 e. The molecule has 5 nitrogen and oxygen atoms in total. The Hall–Kier alpha value is -0.810. The molecule has 0 aromatic heterocycles. The van der Waals surface area contributed by atoms with Crippen LogP contribution in [0.1, 0.15) is 26.2 Å². The highest BCUT2D eigenvalue weighted by molar-refractivity contribution is 5.79. The minimum atomic E-state index is 0.272. The van der Waals surface area contributed by atoms with Gasteiger partial charge in [-0.15, -0.1) is 0 Å². The molecule has 0 rings (SSSR count). The van der Waals surface area contributed by atoms with Crippen molar-refractivity contribution in [3.63, 3.8) is 0 Å². The molecule has 0 unspecified atom stereocenters. The Balaban J connectivity index is 3.29. The number of hydrogen-bond acceptors (Lipinski definition) is 4. The standard InChI is InChI=1S/C10H23N3O2/c1-3-4-8-15-9-7-13(2)6-5-10(11)12-14/h14H,3-9H2,1-2H3,(H2,11,12). The first-order valence-corrected chi connectivity index (χ1v) is 5.43. The highest BCUT2D eigenvalue weighted by atomic mass is 16.5. The first-order chi connectivity index (χ1) is 7.20. The van der Waals surface area contributed by atoms with Crippen LogP contribution in [0.5, 0.6) is 0 Å². The van der Waals surface area contributed by atoms with Crippen molar-refractivity contribution in [1.29, 1.82) is 0 Å². The van der Waals surface area contributed by atoms with Crippen LogP contribution in [0.25, 0.3) is 0 Å². The molecular formula is C10H23N3O2. The van der Waals surface area contributed by atoms with Crippen LogP contribution in [0.4, 0.5) is 0 Å². The van der Waals surface area contributed by atoms with E-state index in [1.165, 1.54) is 6.42 Å². The number of amidine groups is 1. The van der Waals surface area contributed by atoms with E-state index in [4.69, 9.17) is 15.7 Å². The lowest BCUT2D eigenvalue weighted by Crippen LogP contribution is -2.27. The number of likely N-dealkylation sites (N-methyl/N-ethyl adjacent to an activating group) is 1. The van der Waals surface area contributed by atoms with E-state index in [1.54, 1.807) is 0 Å². The average molecular weight is 217 g/mol. The predicted molar refractivity (Wildman–Crippen MR) is 61.2 cm³/mol. The Morgan fingerprint density at radius 3 is 2.73 bits per heavy atom. The van der Waals surface area contributed by atoms with Crippen LogP contribution in [0.15, 0.2) is 5.16 Å². The van der Waals surface area contributed by atoms with E-state index in [-0.39, 0.29) is 5.84 Å². The highest BCUT2D eigenvalue weighted by Gasteiger charge is 2.00. The highest BCUT2D eigenvalue weighted by Crippen LogP contribution is 1.91. The molecule has 5 heteroatoms. The van der Waals surface area contributed by atoms with Gasteiger partial charge in [0.2, 0.25) is 0 Å². The van der Waals surface area contributed by atoms with Crippen LogP contribution in [0.3, 0.4) is 0 Å². The zero-order valence-electron chi connectivity index (χ0n) is 9.78. The fourth-order valence-electron chi connectivity index (χ4n) is 1.04. The van der Waals surface area contributed by atoms with Gasteiger partial charge < -0.3 is 20.6 Å². The lowest BCUT2D eigenvalue weighted by atomic mass is 10.3. The largest absolute Gasteiger partial charge is 0.409 e. The van der Waals surface area contributed by atoms with Gasteiger partial charge in [0.15, 0.2) is 0 Å². The molecule has 0 heterocycles. The fraction of sp³-hybridized carbons (Fsp3) is 0.900. The zero-order chi connectivity index (χ0) is 11.5. The van der Waals surface area contributed by atoms with Crippen LogP contribution < -0.4 is 5.73 Å². The van der Waals surface area contributed by atoms with Crippen molar-refractivity contribution in [2.45, 2.75) is 26.2 Å². The predicted octanol–water partition coefficient (Wildman–Crippen LogP) is 0.871. The number of nitrogens with zero attached hydrogens (tertiary/aromatic N) is 2. The topological polar surface area (TPSA) is 71.1 Å². The van der Waals surface area contributed by atoms with E-state index in [0.717, 1.165) is 32.7 Å². The van der Waals surface area contributed by atoms with Crippen LogP contribution in [-0.2, 0) is 4.74 Å². The second-order valence-corrected chi connectivity index (χ2v) is 3.61. The van der Waals surface area contributed by atoms with Gasteiger partial charge in [0.1, 0.15) is 5.84 Å². The van der Waals surface area contributed by atoms with Gasteiger partial charge in [-0.25, -0.2) is 0 Å². The lowest BCUT2D eigenvalue weighted by Gasteiger charge is -2.15. The van der Waals surface area contributed by atoms with Gasteiger partial charge in [-0.2, -0.15) is 0 Å². The maximum atomic E-state index is 8.34. The van der Waals surface area contributed by atoms with Gasteiger partial charge >= 0.3 is 0 Å². The molecule has 0 aliphatic heterocycles.